The highest BCUT2D eigenvalue weighted by Crippen LogP contribution is 2.44. The fraction of sp³-hybridized carbons (Fsp3) is 0.611. The second-order valence-electron chi connectivity index (χ2n) is 7.25. The molecule has 1 aromatic rings. The Bertz CT molecular complexity index is 498. The average molecular weight is 274 g/mol. The highest BCUT2D eigenvalue weighted by atomic mass is 16.4. The van der Waals surface area contributed by atoms with Gasteiger partial charge in [0.05, 0.1) is 5.41 Å². The Morgan fingerprint density at radius 2 is 2.00 bits per heavy atom. The first-order chi connectivity index (χ1) is 9.28. The third-order valence-corrected chi connectivity index (χ3v) is 4.92. The molecule has 0 aromatic heterocycles. The molecule has 1 fully saturated rings. The minimum atomic E-state index is -0.695. The number of carboxylic acid groups (broad SMARTS) is 1. The number of hydrogen-bond donors (Lipinski definition) is 1. The number of carbonyl (C=O) groups is 1. The molecule has 0 unspecified atom stereocenters. The molecule has 2 heteroatoms. The lowest BCUT2D eigenvalue weighted by molar-refractivity contribution is -0.147. The molecule has 2 nitrogen and oxygen atoms in total. The monoisotopic (exact) mass is 274 g/mol. The predicted molar refractivity (Wildman–Crippen MR) is 82.1 cm³/mol. The summed E-state index contributed by atoms with van der Waals surface area (Å²) in [7, 11) is 0. The van der Waals surface area contributed by atoms with E-state index in [0.29, 0.717) is 0 Å². The summed E-state index contributed by atoms with van der Waals surface area (Å²) in [5.74, 6) is -0.459. The lowest BCUT2D eigenvalue weighted by atomic mass is 9.62. The van der Waals surface area contributed by atoms with Crippen LogP contribution in [0.25, 0.3) is 0 Å². The Hall–Kier alpha value is -1.31. The van der Waals surface area contributed by atoms with E-state index in [4.69, 9.17) is 0 Å². The van der Waals surface area contributed by atoms with Crippen molar-refractivity contribution in [2.24, 2.45) is 5.92 Å². The van der Waals surface area contributed by atoms with Crippen LogP contribution in [0.15, 0.2) is 24.3 Å². The van der Waals surface area contributed by atoms with Gasteiger partial charge in [0.1, 0.15) is 0 Å². The number of rotatable bonds is 2. The lowest BCUT2D eigenvalue weighted by Gasteiger charge is -2.40. The predicted octanol–water partition coefficient (Wildman–Crippen LogP) is 4.52. The summed E-state index contributed by atoms with van der Waals surface area (Å²) in [6, 6.07) is 8.25. The van der Waals surface area contributed by atoms with Gasteiger partial charge >= 0.3 is 5.97 Å². The molecule has 0 radical (unpaired) electrons. The fourth-order valence-corrected chi connectivity index (χ4v) is 3.48. The largest absolute Gasteiger partial charge is 0.481 e. The Morgan fingerprint density at radius 3 is 2.55 bits per heavy atom. The van der Waals surface area contributed by atoms with Crippen LogP contribution >= 0.6 is 0 Å². The molecule has 2 atom stereocenters. The fourth-order valence-electron chi connectivity index (χ4n) is 3.48. The minimum absolute atomic E-state index is 0.0492. The first-order valence-corrected chi connectivity index (χ1v) is 7.63. The van der Waals surface area contributed by atoms with Crippen molar-refractivity contribution in [3.63, 3.8) is 0 Å². The molecule has 110 valence electrons. The maximum Gasteiger partial charge on any atom is 0.314 e. The molecular formula is C18H26O2. The molecule has 1 saturated carbocycles. The van der Waals surface area contributed by atoms with Crippen LogP contribution in [0.4, 0.5) is 0 Å². The van der Waals surface area contributed by atoms with Gasteiger partial charge in [-0.15, -0.1) is 0 Å². The van der Waals surface area contributed by atoms with Crippen LogP contribution < -0.4 is 0 Å². The van der Waals surface area contributed by atoms with Crippen molar-refractivity contribution in [1.29, 1.82) is 0 Å². The molecule has 20 heavy (non-hydrogen) atoms. The smallest absolute Gasteiger partial charge is 0.314 e. The van der Waals surface area contributed by atoms with E-state index in [9.17, 15) is 9.90 Å². The van der Waals surface area contributed by atoms with Crippen molar-refractivity contribution in [1.82, 2.24) is 0 Å². The van der Waals surface area contributed by atoms with Crippen LogP contribution in [0.3, 0.4) is 0 Å². The van der Waals surface area contributed by atoms with Crippen molar-refractivity contribution < 1.29 is 9.90 Å². The number of hydrogen-bond acceptors (Lipinski definition) is 1. The number of benzene rings is 1. The van der Waals surface area contributed by atoms with Gasteiger partial charge in [-0.1, -0.05) is 64.8 Å². The van der Waals surface area contributed by atoms with Gasteiger partial charge < -0.3 is 5.11 Å². The van der Waals surface area contributed by atoms with Crippen LogP contribution in [0.5, 0.6) is 0 Å². The second-order valence-corrected chi connectivity index (χ2v) is 7.25. The van der Waals surface area contributed by atoms with Crippen LogP contribution in [-0.4, -0.2) is 11.1 Å². The van der Waals surface area contributed by atoms with E-state index in [2.05, 4.69) is 39.8 Å². The Morgan fingerprint density at radius 1 is 1.30 bits per heavy atom. The molecule has 2 rings (SSSR count). The molecule has 0 spiro atoms. The third-order valence-electron chi connectivity index (χ3n) is 4.92. The first kappa shape index (κ1) is 15.1. The van der Waals surface area contributed by atoms with Crippen molar-refractivity contribution in [3.8, 4) is 0 Å². The molecule has 0 heterocycles. The molecule has 1 aromatic carbocycles. The zero-order chi connectivity index (χ0) is 15.0. The standard InChI is InChI=1S/C18H26O2/c1-13-8-5-6-11-18(13,16(19)20)15-10-7-9-14(12-15)17(2,3)4/h7,9-10,12-13H,5-6,8,11H2,1-4H3,(H,19,20)/t13-,18-/m1/s1. The summed E-state index contributed by atoms with van der Waals surface area (Å²) >= 11 is 0. The van der Waals surface area contributed by atoms with Crippen LogP contribution in [-0.2, 0) is 15.6 Å². The van der Waals surface area contributed by atoms with Gasteiger partial charge in [-0.3, -0.25) is 4.79 Å². The summed E-state index contributed by atoms with van der Waals surface area (Å²) in [6.45, 7) is 8.61. The van der Waals surface area contributed by atoms with Gasteiger partial charge in [0.15, 0.2) is 0 Å². The van der Waals surface area contributed by atoms with Gasteiger partial charge in [-0.2, -0.15) is 0 Å². The van der Waals surface area contributed by atoms with Crippen LogP contribution in [0.2, 0.25) is 0 Å². The van der Waals surface area contributed by atoms with E-state index < -0.39 is 11.4 Å². The zero-order valence-corrected chi connectivity index (χ0v) is 13.1. The first-order valence-electron chi connectivity index (χ1n) is 7.63. The van der Waals surface area contributed by atoms with Crippen molar-refractivity contribution in [2.45, 2.75) is 64.2 Å². The highest BCUT2D eigenvalue weighted by Gasteiger charge is 2.46. The van der Waals surface area contributed by atoms with Crippen molar-refractivity contribution in [2.75, 3.05) is 0 Å². The summed E-state index contributed by atoms with van der Waals surface area (Å²) in [5.41, 5.74) is 1.56. The Balaban J connectivity index is 2.53. The summed E-state index contributed by atoms with van der Waals surface area (Å²) < 4.78 is 0. The van der Waals surface area contributed by atoms with E-state index >= 15 is 0 Å². The number of carboxylic acids is 1. The van der Waals surface area contributed by atoms with Crippen LogP contribution in [0.1, 0.15) is 64.5 Å². The van der Waals surface area contributed by atoms with Crippen molar-refractivity contribution in [3.05, 3.63) is 35.4 Å². The van der Waals surface area contributed by atoms with E-state index in [1.165, 1.54) is 5.56 Å². The van der Waals surface area contributed by atoms with Crippen molar-refractivity contribution >= 4 is 5.97 Å². The summed E-state index contributed by atoms with van der Waals surface area (Å²) in [6.07, 6.45) is 3.93. The maximum atomic E-state index is 12.0. The van der Waals surface area contributed by atoms with Crippen LogP contribution in [0, 0.1) is 5.92 Å². The zero-order valence-electron chi connectivity index (χ0n) is 13.1. The van der Waals surface area contributed by atoms with Gasteiger partial charge in [-0.05, 0) is 35.3 Å². The van der Waals surface area contributed by atoms with E-state index in [-0.39, 0.29) is 11.3 Å². The van der Waals surface area contributed by atoms with Gasteiger partial charge in [0.25, 0.3) is 0 Å². The molecule has 0 amide bonds. The van der Waals surface area contributed by atoms with E-state index in [1.807, 2.05) is 12.1 Å². The van der Waals surface area contributed by atoms with Gasteiger partial charge in [0.2, 0.25) is 0 Å². The van der Waals surface area contributed by atoms with Gasteiger partial charge in [0, 0.05) is 0 Å². The summed E-state index contributed by atoms with van der Waals surface area (Å²) in [4.78, 5) is 12.0. The Kier molecular flexibility index (Phi) is 3.95. The topological polar surface area (TPSA) is 37.3 Å². The SMILES string of the molecule is C[C@@H]1CCCC[C@]1(C(=O)O)c1cccc(C(C)(C)C)c1. The Labute approximate surface area is 122 Å². The molecule has 0 aliphatic heterocycles. The molecule has 0 saturated heterocycles. The molecule has 0 bridgehead atoms. The summed E-state index contributed by atoms with van der Waals surface area (Å²) in [5, 5.41) is 9.91. The average Bonchev–Trinajstić information content (AvgIpc) is 2.38. The normalized spacial score (nSPS) is 27.3. The highest BCUT2D eigenvalue weighted by molar-refractivity contribution is 5.82. The number of aliphatic carboxylic acids is 1. The quantitative estimate of drug-likeness (QED) is 0.861. The van der Waals surface area contributed by atoms with E-state index in [1.54, 1.807) is 0 Å². The van der Waals surface area contributed by atoms with E-state index in [0.717, 1.165) is 31.2 Å². The third kappa shape index (κ3) is 2.48. The van der Waals surface area contributed by atoms with Gasteiger partial charge in [-0.25, -0.2) is 0 Å². The minimum Gasteiger partial charge on any atom is -0.481 e. The molecule has 1 N–H and O–H groups in total. The maximum absolute atomic E-state index is 12.0. The molecule has 1 aliphatic rings. The molecule has 1 aliphatic carbocycles. The lowest BCUT2D eigenvalue weighted by Crippen LogP contribution is -2.44. The second kappa shape index (κ2) is 5.23. The molecular weight excluding hydrogens is 248 g/mol.